The van der Waals surface area contributed by atoms with E-state index in [1.807, 2.05) is 12.3 Å². The van der Waals surface area contributed by atoms with E-state index in [0.29, 0.717) is 25.1 Å². The molecule has 2 heterocycles. The molecule has 1 saturated heterocycles. The quantitative estimate of drug-likeness (QED) is 0.865. The van der Waals surface area contributed by atoms with Crippen molar-refractivity contribution in [1.29, 1.82) is 0 Å². The van der Waals surface area contributed by atoms with Gasteiger partial charge < -0.3 is 5.11 Å². The molecule has 0 aliphatic carbocycles. The van der Waals surface area contributed by atoms with Crippen LogP contribution < -0.4 is 0 Å². The molecule has 7 nitrogen and oxygen atoms in total. The summed E-state index contributed by atoms with van der Waals surface area (Å²) in [5.74, 6) is -1.56. The van der Waals surface area contributed by atoms with Crippen molar-refractivity contribution >= 4 is 27.5 Å². The Kier molecular flexibility index (Phi) is 4.97. The van der Waals surface area contributed by atoms with E-state index in [4.69, 9.17) is 5.11 Å². The predicted molar refractivity (Wildman–Crippen MR) is 79.2 cm³/mol. The maximum absolute atomic E-state index is 12.5. The maximum Gasteiger partial charge on any atom is 0.307 e. The summed E-state index contributed by atoms with van der Waals surface area (Å²) in [7, 11) is -2.16. The second-order valence-electron chi connectivity index (χ2n) is 5.16. The van der Waals surface area contributed by atoms with Gasteiger partial charge in [-0.25, -0.2) is 4.98 Å². The van der Waals surface area contributed by atoms with E-state index < -0.39 is 22.1 Å². The van der Waals surface area contributed by atoms with Gasteiger partial charge in [-0.05, 0) is 19.8 Å². The summed E-state index contributed by atoms with van der Waals surface area (Å²) in [6, 6.07) is 0. The molecule has 1 aromatic rings. The van der Waals surface area contributed by atoms with Gasteiger partial charge in [0.15, 0.2) is 0 Å². The Labute approximate surface area is 128 Å². The molecule has 1 unspecified atom stereocenters. The number of hydrogen-bond acceptors (Lipinski definition) is 5. The van der Waals surface area contributed by atoms with Crippen LogP contribution in [0.15, 0.2) is 5.38 Å². The summed E-state index contributed by atoms with van der Waals surface area (Å²) in [4.78, 5) is 15.3. The Bertz CT molecular complexity index is 614. The lowest BCUT2D eigenvalue weighted by atomic mass is 10.0. The topological polar surface area (TPSA) is 90.8 Å². The average molecular weight is 333 g/mol. The number of carboxylic acids is 1. The zero-order valence-corrected chi connectivity index (χ0v) is 13.7. The summed E-state index contributed by atoms with van der Waals surface area (Å²) in [6.07, 6.45) is 1.09. The number of rotatable bonds is 5. The number of carboxylic acid groups (broad SMARTS) is 1. The van der Waals surface area contributed by atoms with Crippen LogP contribution in [0, 0.1) is 12.8 Å². The zero-order chi connectivity index (χ0) is 15.6. The molecule has 1 N–H and O–H groups in total. The van der Waals surface area contributed by atoms with E-state index in [-0.39, 0.29) is 13.1 Å². The number of thiazole rings is 1. The van der Waals surface area contributed by atoms with Crippen LogP contribution in [0.2, 0.25) is 0 Å². The van der Waals surface area contributed by atoms with Crippen LogP contribution in [0.5, 0.6) is 0 Å². The fraction of sp³-hybridized carbons (Fsp3) is 0.667. The van der Waals surface area contributed by atoms with Crippen molar-refractivity contribution in [2.24, 2.45) is 5.92 Å². The van der Waals surface area contributed by atoms with E-state index >= 15 is 0 Å². The number of piperidine rings is 1. The van der Waals surface area contributed by atoms with Crippen molar-refractivity contribution in [3.05, 3.63) is 16.1 Å². The summed E-state index contributed by atoms with van der Waals surface area (Å²) >= 11 is 1.47. The van der Waals surface area contributed by atoms with Gasteiger partial charge in [0.2, 0.25) is 0 Å². The van der Waals surface area contributed by atoms with Crippen LogP contribution in [-0.2, 0) is 21.5 Å². The Morgan fingerprint density at radius 1 is 1.62 bits per heavy atom. The molecular weight excluding hydrogens is 314 g/mol. The molecule has 0 spiro atoms. The van der Waals surface area contributed by atoms with Gasteiger partial charge in [-0.1, -0.05) is 0 Å². The van der Waals surface area contributed by atoms with Crippen LogP contribution in [0.25, 0.3) is 0 Å². The summed E-state index contributed by atoms with van der Waals surface area (Å²) in [5, 5.41) is 11.8. The molecule has 1 aliphatic heterocycles. The second kappa shape index (κ2) is 6.39. The van der Waals surface area contributed by atoms with Crippen molar-refractivity contribution in [3.8, 4) is 0 Å². The first-order chi connectivity index (χ1) is 9.80. The number of aromatic nitrogens is 1. The molecule has 1 fully saturated rings. The predicted octanol–water partition coefficient (Wildman–Crippen LogP) is 0.925. The molecule has 9 heteroatoms. The molecular formula is C12H19N3O4S2. The Hall–Kier alpha value is -1.03. The largest absolute Gasteiger partial charge is 0.481 e. The maximum atomic E-state index is 12.5. The molecule has 2 rings (SSSR count). The van der Waals surface area contributed by atoms with Gasteiger partial charge in [0, 0.05) is 25.5 Å². The highest BCUT2D eigenvalue weighted by Crippen LogP contribution is 2.22. The van der Waals surface area contributed by atoms with E-state index in [9.17, 15) is 13.2 Å². The van der Waals surface area contributed by atoms with Gasteiger partial charge in [-0.15, -0.1) is 11.3 Å². The molecule has 0 aromatic carbocycles. The van der Waals surface area contributed by atoms with Gasteiger partial charge >= 0.3 is 5.97 Å². The molecule has 0 saturated carbocycles. The van der Waals surface area contributed by atoms with Gasteiger partial charge in [0.25, 0.3) is 10.2 Å². The van der Waals surface area contributed by atoms with Crippen molar-refractivity contribution in [1.82, 2.24) is 13.6 Å². The number of hydrogen-bond donors (Lipinski definition) is 1. The minimum atomic E-state index is -3.65. The van der Waals surface area contributed by atoms with Crippen molar-refractivity contribution < 1.29 is 18.3 Å². The molecule has 0 radical (unpaired) electrons. The Balaban J connectivity index is 2.07. The van der Waals surface area contributed by atoms with Gasteiger partial charge in [0.05, 0.1) is 23.2 Å². The SMILES string of the molecule is Cc1nc(CN(C)S(=O)(=O)N2CCCC(C(=O)O)C2)cs1. The summed E-state index contributed by atoms with van der Waals surface area (Å²) in [6.45, 7) is 2.47. The number of aliphatic carboxylic acids is 1. The van der Waals surface area contributed by atoms with Gasteiger partial charge in [-0.2, -0.15) is 17.0 Å². The first-order valence-corrected chi connectivity index (χ1v) is 8.93. The normalized spacial score (nSPS) is 20.8. The van der Waals surface area contributed by atoms with Crippen LogP contribution in [0.1, 0.15) is 23.5 Å². The molecule has 118 valence electrons. The molecule has 1 aromatic heterocycles. The second-order valence-corrected chi connectivity index (χ2v) is 8.25. The minimum absolute atomic E-state index is 0.0398. The lowest BCUT2D eigenvalue weighted by Gasteiger charge is -2.32. The smallest absolute Gasteiger partial charge is 0.307 e. The monoisotopic (exact) mass is 333 g/mol. The molecule has 1 aliphatic rings. The first-order valence-electron chi connectivity index (χ1n) is 6.66. The molecule has 0 amide bonds. The summed E-state index contributed by atoms with van der Waals surface area (Å²) < 4.78 is 27.5. The summed E-state index contributed by atoms with van der Waals surface area (Å²) in [5.41, 5.74) is 0.704. The highest BCUT2D eigenvalue weighted by Gasteiger charge is 2.34. The third-order valence-electron chi connectivity index (χ3n) is 3.50. The number of aryl methyl sites for hydroxylation is 1. The first kappa shape index (κ1) is 16.3. The van der Waals surface area contributed by atoms with E-state index in [1.54, 1.807) is 0 Å². The highest BCUT2D eigenvalue weighted by molar-refractivity contribution is 7.86. The molecule has 1 atom stereocenters. The molecule has 21 heavy (non-hydrogen) atoms. The fourth-order valence-corrected chi connectivity index (χ4v) is 4.36. The third kappa shape index (κ3) is 3.79. The van der Waals surface area contributed by atoms with Crippen molar-refractivity contribution in [2.75, 3.05) is 20.1 Å². The minimum Gasteiger partial charge on any atom is -0.481 e. The van der Waals surface area contributed by atoms with E-state index in [1.165, 1.54) is 27.0 Å². The zero-order valence-electron chi connectivity index (χ0n) is 12.0. The van der Waals surface area contributed by atoms with Crippen LogP contribution in [0.4, 0.5) is 0 Å². The lowest BCUT2D eigenvalue weighted by molar-refractivity contribution is -0.142. The van der Waals surface area contributed by atoms with Gasteiger partial charge in [-0.3, -0.25) is 4.79 Å². The Morgan fingerprint density at radius 2 is 2.33 bits per heavy atom. The highest BCUT2D eigenvalue weighted by atomic mass is 32.2. The average Bonchev–Trinajstić information content (AvgIpc) is 2.84. The van der Waals surface area contributed by atoms with Crippen LogP contribution >= 0.6 is 11.3 Å². The lowest BCUT2D eigenvalue weighted by Crippen LogP contribution is -2.47. The van der Waals surface area contributed by atoms with Gasteiger partial charge in [0.1, 0.15) is 0 Å². The molecule has 0 bridgehead atoms. The van der Waals surface area contributed by atoms with Crippen LogP contribution in [-0.4, -0.2) is 53.2 Å². The van der Waals surface area contributed by atoms with E-state index in [0.717, 1.165) is 5.01 Å². The number of carbonyl (C=O) groups is 1. The fourth-order valence-electron chi connectivity index (χ4n) is 2.34. The standard InChI is InChI=1S/C12H19N3O4S2/c1-9-13-11(8-20-9)7-14(2)21(18,19)15-5-3-4-10(6-15)12(16)17/h8,10H,3-7H2,1-2H3,(H,16,17). The Morgan fingerprint density at radius 3 is 2.90 bits per heavy atom. The van der Waals surface area contributed by atoms with Crippen molar-refractivity contribution in [3.63, 3.8) is 0 Å². The van der Waals surface area contributed by atoms with E-state index in [2.05, 4.69) is 4.98 Å². The van der Waals surface area contributed by atoms with Crippen molar-refractivity contribution in [2.45, 2.75) is 26.3 Å². The van der Waals surface area contributed by atoms with Crippen LogP contribution in [0.3, 0.4) is 0 Å². The third-order valence-corrected chi connectivity index (χ3v) is 6.23. The number of nitrogens with zero attached hydrogens (tertiary/aromatic N) is 3.